The molecule has 0 fully saturated rings. The monoisotopic (exact) mass is 424 g/mol. The zero-order chi connectivity index (χ0) is 21.7. The predicted octanol–water partition coefficient (Wildman–Crippen LogP) is 2.77. The summed E-state index contributed by atoms with van der Waals surface area (Å²) in [7, 11) is 1.36. The Morgan fingerprint density at radius 3 is 2.40 bits per heavy atom. The molecule has 3 rings (SSSR count). The van der Waals surface area contributed by atoms with Gasteiger partial charge in [0.25, 0.3) is 10.1 Å². The van der Waals surface area contributed by atoms with E-state index in [4.69, 9.17) is 21.9 Å². The Labute approximate surface area is 174 Å². The largest absolute Gasteiger partial charge is 0.461 e. The Hall–Kier alpha value is -3.17. The second-order valence-corrected chi connectivity index (χ2v) is 7.94. The first kappa shape index (κ1) is 21.5. The third-order valence-corrected chi connectivity index (χ3v) is 4.97. The van der Waals surface area contributed by atoms with E-state index in [0.29, 0.717) is 16.5 Å². The van der Waals surface area contributed by atoms with Crippen LogP contribution in [0.25, 0.3) is 10.8 Å². The Kier molecular flexibility index (Phi) is 6.54. The maximum atomic E-state index is 12.8. The molecule has 7 nitrogen and oxygen atoms in total. The molecule has 30 heavy (non-hydrogen) atoms. The van der Waals surface area contributed by atoms with Gasteiger partial charge < -0.3 is 9.47 Å². The fourth-order valence-electron chi connectivity index (χ4n) is 2.82. The van der Waals surface area contributed by atoms with Crippen molar-refractivity contribution in [2.45, 2.75) is 6.32 Å². The van der Waals surface area contributed by atoms with E-state index < -0.39 is 34.4 Å². The average molecular weight is 424 g/mol. The molecule has 9 heteroatoms. The second-order valence-electron chi connectivity index (χ2n) is 6.37. The van der Waals surface area contributed by atoms with Crippen molar-refractivity contribution in [2.24, 2.45) is 0 Å². The van der Waals surface area contributed by atoms with Gasteiger partial charge in [-0.15, -0.1) is 0 Å². The van der Waals surface area contributed by atoms with Crippen molar-refractivity contribution in [3.63, 3.8) is 0 Å². The average Bonchev–Trinajstić information content (AvgIpc) is 2.72. The lowest BCUT2D eigenvalue weighted by molar-refractivity contribution is 0.0522. The summed E-state index contributed by atoms with van der Waals surface area (Å²) >= 11 is 0. The summed E-state index contributed by atoms with van der Waals surface area (Å²) < 4.78 is 40.7. The molecule has 0 saturated heterocycles. The van der Waals surface area contributed by atoms with Gasteiger partial charge >= 0.3 is 11.9 Å². The highest BCUT2D eigenvalue weighted by Gasteiger charge is 2.20. The van der Waals surface area contributed by atoms with Crippen molar-refractivity contribution in [3.8, 4) is 5.75 Å². The zero-order valence-electron chi connectivity index (χ0n) is 15.8. The summed E-state index contributed by atoms with van der Waals surface area (Å²) in [6.45, 7) is -0.549. The van der Waals surface area contributed by atoms with Crippen LogP contribution in [0.4, 0.5) is 0 Å². The minimum absolute atomic E-state index is 0.0623. The number of hydrogen-bond acceptors (Lipinski definition) is 6. The maximum absolute atomic E-state index is 12.8. The summed E-state index contributed by atoms with van der Waals surface area (Å²) in [5, 5.41) is 1.55. The number of hydrogen-bond donors (Lipinski definition) is 1. The quantitative estimate of drug-likeness (QED) is 0.269. The van der Waals surface area contributed by atoms with Gasteiger partial charge in [-0.1, -0.05) is 54.3 Å². The number of esters is 2. The van der Waals surface area contributed by atoms with Crippen molar-refractivity contribution >= 4 is 40.7 Å². The lowest BCUT2D eigenvalue weighted by Gasteiger charge is -2.12. The van der Waals surface area contributed by atoms with E-state index in [0.717, 1.165) is 5.39 Å². The van der Waals surface area contributed by atoms with E-state index >= 15 is 0 Å². The number of benzene rings is 3. The van der Waals surface area contributed by atoms with Crippen LogP contribution in [0, 0.1) is 0 Å². The van der Waals surface area contributed by atoms with Gasteiger partial charge in [0.1, 0.15) is 23.7 Å². The summed E-state index contributed by atoms with van der Waals surface area (Å²) in [6.07, 6.45) is 0.150. The maximum Gasteiger partial charge on any atom is 0.344 e. The molecular weight excluding hydrogens is 407 g/mol. The van der Waals surface area contributed by atoms with Crippen molar-refractivity contribution < 1.29 is 32.0 Å². The van der Waals surface area contributed by atoms with Crippen LogP contribution >= 0.6 is 0 Å². The van der Waals surface area contributed by atoms with Crippen molar-refractivity contribution in [3.05, 3.63) is 77.4 Å². The van der Waals surface area contributed by atoms with Crippen LogP contribution in [0.15, 0.2) is 60.7 Å². The predicted molar refractivity (Wildman–Crippen MR) is 112 cm³/mol. The number of rotatable bonds is 7. The summed E-state index contributed by atoms with van der Waals surface area (Å²) in [6, 6.07) is 16.9. The molecule has 0 saturated carbocycles. The van der Waals surface area contributed by atoms with Gasteiger partial charge in [0.2, 0.25) is 0 Å². The first-order chi connectivity index (χ1) is 14.3. The molecule has 0 aromatic heterocycles. The molecule has 0 bridgehead atoms. The summed E-state index contributed by atoms with van der Waals surface area (Å²) in [4.78, 5) is 25.2. The van der Waals surface area contributed by atoms with E-state index in [2.05, 4.69) is 0 Å². The van der Waals surface area contributed by atoms with E-state index in [-0.39, 0.29) is 17.6 Å². The SMILES string of the molecule is [B]Cc1ccc(C(=O)OCCS(=O)(=O)O)c(OC(=O)c2cccc3ccccc23)c1. The topological polar surface area (TPSA) is 107 Å². The van der Waals surface area contributed by atoms with Crippen LogP contribution in [-0.4, -0.2) is 45.1 Å². The normalized spacial score (nSPS) is 11.2. The highest BCUT2D eigenvalue weighted by atomic mass is 32.2. The van der Waals surface area contributed by atoms with Crippen LogP contribution in [0.2, 0.25) is 0 Å². The fourth-order valence-corrected chi connectivity index (χ4v) is 3.12. The van der Waals surface area contributed by atoms with Crippen LogP contribution in [-0.2, 0) is 21.2 Å². The van der Waals surface area contributed by atoms with Gasteiger partial charge in [0.05, 0.1) is 13.4 Å². The lowest BCUT2D eigenvalue weighted by atomic mass is 9.96. The molecule has 0 aliphatic carbocycles. The van der Waals surface area contributed by atoms with Gasteiger partial charge in [-0.05, 0) is 29.0 Å². The first-order valence-corrected chi connectivity index (χ1v) is 10.5. The van der Waals surface area contributed by atoms with Gasteiger partial charge in [-0.3, -0.25) is 4.55 Å². The number of fused-ring (bicyclic) bond motifs is 1. The van der Waals surface area contributed by atoms with Crippen molar-refractivity contribution in [1.82, 2.24) is 0 Å². The van der Waals surface area contributed by atoms with E-state index in [1.165, 1.54) is 12.1 Å². The molecule has 152 valence electrons. The zero-order valence-corrected chi connectivity index (χ0v) is 16.6. The standard InChI is InChI=1S/C21H17BO7S/c22-13-14-8-9-18(20(23)28-10-11-30(25,26)27)19(12-14)29-21(24)17-7-3-5-15-4-1-2-6-16(15)17/h1-9,12H,10-11,13H2,(H,25,26,27). The Morgan fingerprint density at radius 2 is 1.67 bits per heavy atom. The number of carbonyl (C=O) groups excluding carboxylic acids is 2. The molecule has 2 radical (unpaired) electrons. The van der Waals surface area contributed by atoms with Gasteiger partial charge in [-0.2, -0.15) is 8.42 Å². The minimum atomic E-state index is -4.28. The minimum Gasteiger partial charge on any atom is -0.461 e. The van der Waals surface area contributed by atoms with Crippen LogP contribution < -0.4 is 4.74 Å². The highest BCUT2D eigenvalue weighted by Crippen LogP contribution is 2.25. The van der Waals surface area contributed by atoms with E-state index in [9.17, 15) is 18.0 Å². The van der Waals surface area contributed by atoms with Gasteiger partial charge in [0.15, 0.2) is 0 Å². The molecule has 0 aliphatic heterocycles. The Bertz CT molecular complexity index is 1200. The van der Waals surface area contributed by atoms with E-state index in [1.54, 1.807) is 30.3 Å². The van der Waals surface area contributed by atoms with Crippen LogP contribution in [0.3, 0.4) is 0 Å². The van der Waals surface area contributed by atoms with Crippen LogP contribution in [0.5, 0.6) is 5.75 Å². The smallest absolute Gasteiger partial charge is 0.344 e. The molecule has 3 aromatic rings. The fraction of sp³-hybridized carbons (Fsp3) is 0.143. The first-order valence-electron chi connectivity index (χ1n) is 8.94. The molecule has 1 N–H and O–H groups in total. The molecule has 0 amide bonds. The Balaban J connectivity index is 1.88. The van der Waals surface area contributed by atoms with Crippen LogP contribution in [0.1, 0.15) is 26.3 Å². The number of carbonyl (C=O) groups is 2. The molecule has 0 heterocycles. The molecule has 0 spiro atoms. The summed E-state index contributed by atoms with van der Waals surface area (Å²) in [5.74, 6) is -2.38. The lowest BCUT2D eigenvalue weighted by Crippen LogP contribution is -2.17. The van der Waals surface area contributed by atoms with E-state index in [1.807, 2.05) is 18.2 Å². The van der Waals surface area contributed by atoms with Crippen molar-refractivity contribution in [1.29, 1.82) is 0 Å². The number of ether oxygens (including phenoxy) is 2. The molecule has 0 unspecified atom stereocenters. The third-order valence-electron chi connectivity index (χ3n) is 4.29. The second kappa shape index (κ2) is 9.10. The van der Waals surface area contributed by atoms with Gasteiger partial charge in [0, 0.05) is 0 Å². The molecular formula is C21H17BO7S. The van der Waals surface area contributed by atoms with Crippen molar-refractivity contribution in [2.75, 3.05) is 12.4 Å². The molecule has 3 aromatic carbocycles. The molecule has 0 atom stereocenters. The Morgan fingerprint density at radius 1 is 0.933 bits per heavy atom. The van der Waals surface area contributed by atoms with Gasteiger partial charge in [-0.25, -0.2) is 9.59 Å². The summed E-state index contributed by atoms with van der Waals surface area (Å²) in [5.41, 5.74) is 0.860. The molecule has 0 aliphatic rings. The third kappa shape index (κ3) is 5.25. The highest BCUT2D eigenvalue weighted by molar-refractivity contribution is 7.85.